The Kier molecular flexibility index (Phi) is 4.82. The lowest BCUT2D eigenvalue weighted by Crippen LogP contribution is -2.30. The maximum absolute atomic E-state index is 13.0. The number of hydrogen-bond acceptors (Lipinski definition) is 4. The Morgan fingerprint density at radius 3 is 2.62 bits per heavy atom. The van der Waals surface area contributed by atoms with Crippen molar-refractivity contribution in [3.8, 4) is 0 Å². The van der Waals surface area contributed by atoms with Crippen molar-refractivity contribution in [3.63, 3.8) is 0 Å². The van der Waals surface area contributed by atoms with Crippen LogP contribution >= 0.6 is 0 Å². The summed E-state index contributed by atoms with van der Waals surface area (Å²) in [6.07, 6.45) is -2.26. The van der Waals surface area contributed by atoms with Crippen LogP contribution in [0, 0.1) is 5.82 Å². The van der Waals surface area contributed by atoms with E-state index in [1.165, 1.54) is 12.1 Å². The summed E-state index contributed by atoms with van der Waals surface area (Å²) in [5.74, 6) is -0.511. The van der Waals surface area contributed by atoms with Crippen molar-refractivity contribution in [3.05, 3.63) is 35.1 Å². The van der Waals surface area contributed by atoms with Gasteiger partial charge in [0.05, 0.1) is 12.7 Å². The lowest BCUT2D eigenvalue weighted by Gasteiger charge is -2.20. The van der Waals surface area contributed by atoms with Gasteiger partial charge < -0.3 is 20.6 Å². The van der Waals surface area contributed by atoms with Crippen LogP contribution in [0.4, 0.5) is 4.39 Å². The topological polar surface area (TPSA) is 72.7 Å². The summed E-state index contributed by atoms with van der Waals surface area (Å²) >= 11 is 0. The molecule has 4 nitrogen and oxygen atoms in total. The van der Waals surface area contributed by atoms with Gasteiger partial charge in [0.2, 0.25) is 0 Å². The van der Waals surface area contributed by atoms with E-state index >= 15 is 0 Å². The molecule has 1 aromatic carbocycles. The summed E-state index contributed by atoms with van der Waals surface area (Å²) in [7, 11) is 1.63. The van der Waals surface area contributed by atoms with Gasteiger partial charge in [-0.1, -0.05) is 6.07 Å². The molecule has 0 aromatic heterocycles. The molecule has 0 aliphatic carbocycles. The molecule has 0 fully saturated rings. The average molecular weight is 229 g/mol. The molecular weight excluding hydrogens is 213 g/mol. The molecule has 5 heteroatoms. The zero-order valence-corrected chi connectivity index (χ0v) is 9.02. The van der Waals surface area contributed by atoms with E-state index in [2.05, 4.69) is 5.32 Å². The second kappa shape index (κ2) is 5.91. The zero-order chi connectivity index (χ0) is 12.1. The number of aliphatic hydroxyl groups excluding tert-OH is 3. The predicted octanol–water partition coefficient (Wildman–Crippen LogP) is -0.0683. The second-order valence-electron chi connectivity index (χ2n) is 3.57. The van der Waals surface area contributed by atoms with E-state index in [4.69, 9.17) is 5.11 Å². The Morgan fingerprint density at radius 1 is 1.38 bits per heavy atom. The largest absolute Gasteiger partial charge is 0.392 e. The Morgan fingerprint density at radius 2 is 2.06 bits per heavy atom. The third kappa shape index (κ3) is 2.99. The van der Waals surface area contributed by atoms with Gasteiger partial charge in [-0.2, -0.15) is 0 Å². The van der Waals surface area contributed by atoms with Gasteiger partial charge in [-0.25, -0.2) is 4.39 Å². The van der Waals surface area contributed by atoms with E-state index < -0.39 is 18.0 Å². The first kappa shape index (κ1) is 13.1. The number of hydrogen-bond donors (Lipinski definition) is 4. The summed E-state index contributed by atoms with van der Waals surface area (Å²) in [4.78, 5) is 0. The van der Waals surface area contributed by atoms with Crippen molar-refractivity contribution in [2.24, 2.45) is 0 Å². The molecule has 1 rings (SSSR count). The first-order valence-corrected chi connectivity index (χ1v) is 5.00. The summed E-state index contributed by atoms with van der Waals surface area (Å²) in [6, 6.07) is 3.71. The molecule has 0 aliphatic rings. The van der Waals surface area contributed by atoms with Gasteiger partial charge in [0.1, 0.15) is 11.9 Å². The highest BCUT2D eigenvalue weighted by Crippen LogP contribution is 2.22. The third-order valence-corrected chi connectivity index (χ3v) is 2.37. The number of likely N-dealkylation sites (N-methyl/N-ethyl adjacent to an activating group) is 1. The minimum atomic E-state index is -1.22. The predicted molar refractivity (Wildman–Crippen MR) is 57.2 cm³/mol. The van der Waals surface area contributed by atoms with Gasteiger partial charge in [-0.3, -0.25) is 0 Å². The van der Waals surface area contributed by atoms with Gasteiger partial charge in [-0.05, 0) is 30.3 Å². The van der Waals surface area contributed by atoms with Crippen molar-refractivity contribution >= 4 is 0 Å². The van der Waals surface area contributed by atoms with Crippen molar-refractivity contribution in [2.45, 2.75) is 18.8 Å². The fourth-order valence-corrected chi connectivity index (χ4v) is 1.51. The van der Waals surface area contributed by atoms with Gasteiger partial charge >= 0.3 is 0 Å². The molecule has 0 amide bonds. The lowest BCUT2D eigenvalue weighted by atomic mass is 9.98. The number of nitrogens with one attached hydrogen (secondary N) is 1. The van der Waals surface area contributed by atoms with Gasteiger partial charge in [0, 0.05) is 6.54 Å². The van der Waals surface area contributed by atoms with E-state index in [-0.39, 0.29) is 18.7 Å². The van der Waals surface area contributed by atoms with E-state index in [1.54, 1.807) is 7.05 Å². The molecule has 90 valence electrons. The van der Waals surface area contributed by atoms with Crippen LogP contribution in [0.5, 0.6) is 0 Å². The summed E-state index contributed by atoms with van der Waals surface area (Å²) in [6.45, 7) is -0.124. The standard InChI is InChI=1S/C11H16FNO3/c1-13-5-10(15)11(16)9-4-8(12)3-2-7(9)6-14/h2-4,10-11,13-16H,5-6H2,1H3. The third-order valence-electron chi connectivity index (χ3n) is 2.37. The number of benzene rings is 1. The van der Waals surface area contributed by atoms with E-state index in [0.29, 0.717) is 5.56 Å². The summed E-state index contributed by atoms with van der Waals surface area (Å²) < 4.78 is 13.0. The van der Waals surface area contributed by atoms with Crippen LogP contribution in [0.2, 0.25) is 0 Å². The van der Waals surface area contributed by atoms with Crippen molar-refractivity contribution in [2.75, 3.05) is 13.6 Å². The zero-order valence-electron chi connectivity index (χ0n) is 9.02. The minimum Gasteiger partial charge on any atom is -0.392 e. The van der Waals surface area contributed by atoms with Crippen LogP contribution in [-0.4, -0.2) is 35.0 Å². The van der Waals surface area contributed by atoms with E-state index in [0.717, 1.165) is 6.07 Å². The molecule has 2 atom stereocenters. The first-order chi connectivity index (χ1) is 7.60. The van der Waals surface area contributed by atoms with Crippen LogP contribution in [0.1, 0.15) is 17.2 Å². The maximum atomic E-state index is 13.0. The second-order valence-corrected chi connectivity index (χ2v) is 3.57. The molecular formula is C11H16FNO3. The molecule has 0 radical (unpaired) electrons. The van der Waals surface area contributed by atoms with Gasteiger partial charge in [0.15, 0.2) is 0 Å². The molecule has 0 bridgehead atoms. The molecule has 0 saturated heterocycles. The van der Waals surface area contributed by atoms with Crippen LogP contribution in [0.15, 0.2) is 18.2 Å². The van der Waals surface area contributed by atoms with Crippen LogP contribution in [0.25, 0.3) is 0 Å². The van der Waals surface area contributed by atoms with Crippen molar-refractivity contribution < 1.29 is 19.7 Å². The Hall–Kier alpha value is -1.01. The van der Waals surface area contributed by atoms with Gasteiger partial charge in [-0.15, -0.1) is 0 Å². The molecule has 1 aromatic rings. The average Bonchev–Trinajstić information content (AvgIpc) is 2.28. The van der Waals surface area contributed by atoms with Crippen molar-refractivity contribution in [1.82, 2.24) is 5.32 Å². The monoisotopic (exact) mass is 229 g/mol. The van der Waals surface area contributed by atoms with E-state index in [9.17, 15) is 14.6 Å². The highest BCUT2D eigenvalue weighted by atomic mass is 19.1. The Balaban J connectivity index is 2.96. The normalized spacial score (nSPS) is 14.8. The summed E-state index contributed by atoms with van der Waals surface area (Å²) in [5.41, 5.74) is 0.620. The first-order valence-electron chi connectivity index (χ1n) is 5.00. The Bertz CT molecular complexity index is 346. The van der Waals surface area contributed by atoms with Crippen LogP contribution < -0.4 is 5.32 Å². The quantitative estimate of drug-likeness (QED) is 0.570. The van der Waals surface area contributed by atoms with Crippen LogP contribution in [-0.2, 0) is 6.61 Å². The lowest BCUT2D eigenvalue weighted by molar-refractivity contribution is 0.0189. The SMILES string of the molecule is CNCC(O)C(O)c1cc(F)ccc1CO. The summed E-state index contributed by atoms with van der Waals surface area (Å²) in [5, 5.41) is 31.1. The highest BCUT2D eigenvalue weighted by molar-refractivity contribution is 5.30. The smallest absolute Gasteiger partial charge is 0.123 e. The Labute approximate surface area is 93.4 Å². The molecule has 0 aliphatic heterocycles. The fourth-order valence-electron chi connectivity index (χ4n) is 1.51. The molecule has 4 N–H and O–H groups in total. The molecule has 16 heavy (non-hydrogen) atoms. The number of halogens is 1. The number of rotatable bonds is 5. The minimum absolute atomic E-state index is 0.183. The fraction of sp³-hybridized carbons (Fsp3) is 0.455. The molecule has 0 spiro atoms. The highest BCUT2D eigenvalue weighted by Gasteiger charge is 2.20. The molecule has 0 heterocycles. The van der Waals surface area contributed by atoms with Crippen molar-refractivity contribution in [1.29, 1.82) is 0 Å². The van der Waals surface area contributed by atoms with Gasteiger partial charge in [0.25, 0.3) is 0 Å². The van der Waals surface area contributed by atoms with Crippen LogP contribution in [0.3, 0.4) is 0 Å². The number of aliphatic hydroxyl groups is 3. The molecule has 0 saturated carbocycles. The maximum Gasteiger partial charge on any atom is 0.123 e. The van der Waals surface area contributed by atoms with E-state index in [1.807, 2.05) is 0 Å². The molecule has 2 unspecified atom stereocenters.